The second-order valence-corrected chi connectivity index (χ2v) is 9.22. The number of carboxylic acid groups (broad SMARTS) is 1. The topological polar surface area (TPSA) is 131 Å². The van der Waals surface area contributed by atoms with E-state index in [1.165, 1.54) is 19.2 Å². The van der Waals surface area contributed by atoms with Crippen LogP contribution in [-0.4, -0.2) is 56.6 Å². The van der Waals surface area contributed by atoms with Crippen LogP contribution in [0.5, 0.6) is 11.5 Å². The van der Waals surface area contributed by atoms with Crippen LogP contribution >= 0.6 is 0 Å². The van der Waals surface area contributed by atoms with Crippen molar-refractivity contribution in [2.24, 2.45) is 0 Å². The first-order valence-electron chi connectivity index (χ1n) is 9.76. The quantitative estimate of drug-likeness (QED) is 0.585. The van der Waals surface area contributed by atoms with E-state index in [0.717, 1.165) is 5.56 Å². The normalized spacial score (nSPS) is 24.6. The molecule has 4 atom stereocenters. The smallest absolute Gasteiger partial charge is 0.305 e. The summed E-state index contributed by atoms with van der Waals surface area (Å²) in [6, 6.07) is 11.1. The molecule has 2 aliphatic heterocycles. The number of hydrogen-bond donors (Lipinski definition) is 3. The summed E-state index contributed by atoms with van der Waals surface area (Å²) in [4.78, 5) is 11.2. The fourth-order valence-electron chi connectivity index (χ4n) is 4.13. The number of sulfonamides is 1. The number of anilines is 1. The van der Waals surface area contributed by atoms with Gasteiger partial charge in [0.15, 0.2) is 0 Å². The molecule has 0 unspecified atom stereocenters. The molecule has 166 valence electrons. The first-order chi connectivity index (χ1) is 14.8. The summed E-state index contributed by atoms with van der Waals surface area (Å²) >= 11 is 0. The number of aliphatic hydroxyl groups excluding tert-OH is 1. The average Bonchev–Trinajstić information content (AvgIpc) is 3.10. The minimum atomic E-state index is -3.85. The highest BCUT2D eigenvalue weighted by Crippen LogP contribution is 2.47. The van der Waals surface area contributed by atoms with Crippen LogP contribution in [0.2, 0.25) is 0 Å². The van der Waals surface area contributed by atoms with Gasteiger partial charge in [-0.1, -0.05) is 6.07 Å². The van der Waals surface area contributed by atoms with Crippen LogP contribution in [0.15, 0.2) is 47.4 Å². The molecule has 0 amide bonds. The molecule has 31 heavy (non-hydrogen) atoms. The SMILES string of the molecule is COc1cccc(S(=O)(=O)Nc2ccc3c(c2)[C@@H]2C[C@@H](CC(=O)O)O[C@@H](CO)[C@@H]2O3)c1. The van der Waals surface area contributed by atoms with Crippen LogP contribution in [0, 0.1) is 0 Å². The van der Waals surface area contributed by atoms with Gasteiger partial charge in [0.2, 0.25) is 0 Å². The number of carbonyl (C=O) groups is 1. The van der Waals surface area contributed by atoms with Gasteiger partial charge in [-0.15, -0.1) is 0 Å². The Bertz CT molecular complexity index is 1090. The summed E-state index contributed by atoms with van der Waals surface area (Å²) in [5.41, 5.74) is 1.11. The van der Waals surface area contributed by atoms with Crippen LogP contribution in [0.1, 0.15) is 24.3 Å². The number of hydrogen-bond acceptors (Lipinski definition) is 7. The number of ether oxygens (including phenoxy) is 3. The lowest BCUT2D eigenvalue weighted by Gasteiger charge is -2.36. The van der Waals surface area contributed by atoms with E-state index < -0.39 is 34.3 Å². The molecule has 0 bridgehead atoms. The maximum absolute atomic E-state index is 12.8. The molecule has 9 nitrogen and oxygen atoms in total. The van der Waals surface area contributed by atoms with Crippen molar-refractivity contribution in [1.29, 1.82) is 0 Å². The third-order valence-corrected chi connectivity index (χ3v) is 6.88. The molecule has 2 heterocycles. The minimum absolute atomic E-state index is 0.0643. The summed E-state index contributed by atoms with van der Waals surface area (Å²) in [5, 5.41) is 18.8. The van der Waals surface area contributed by atoms with E-state index in [1.54, 1.807) is 30.3 Å². The number of fused-ring (bicyclic) bond motifs is 3. The number of carboxylic acids is 1. The molecular formula is C21H23NO8S. The lowest BCUT2D eigenvalue weighted by atomic mass is 9.84. The van der Waals surface area contributed by atoms with Crippen molar-refractivity contribution in [3.05, 3.63) is 48.0 Å². The third-order valence-electron chi connectivity index (χ3n) is 5.51. The van der Waals surface area contributed by atoms with Crippen molar-refractivity contribution >= 4 is 21.7 Å². The molecule has 0 aromatic heterocycles. The molecule has 2 aliphatic rings. The van der Waals surface area contributed by atoms with E-state index in [-0.39, 0.29) is 23.8 Å². The fourth-order valence-corrected chi connectivity index (χ4v) is 5.21. The van der Waals surface area contributed by atoms with E-state index in [1.807, 2.05) is 0 Å². The van der Waals surface area contributed by atoms with Gasteiger partial charge >= 0.3 is 5.97 Å². The van der Waals surface area contributed by atoms with Crippen molar-refractivity contribution in [2.75, 3.05) is 18.4 Å². The van der Waals surface area contributed by atoms with E-state index in [9.17, 15) is 18.3 Å². The summed E-state index contributed by atoms with van der Waals surface area (Å²) < 4.78 is 44.9. The Hall–Kier alpha value is -2.82. The highest BCUT2D eigenvalue weighted by atomic mass is 32.2. The number of nitrogens with one attached hydrogen (secondary N) is 1. The van der Waals surface area contributed by atoms with Gasteiger partial charge < -0.3 is 24.4 Å². The number of benzene rings is 2. The molecule has 2 aromatic rings. The van der Waals surface area contributed by atoms with Gasteiger partial charge in [0.05, 0.1) is 31.1 Å². The lowest BCUT2D eigenvalue weighted by Crippen LogP contribution is -2.46. The van der Waals surface area contributed by atoms with E-state index in [0.29, 0.717) is 23.6 Å². The van der Waals surface area contributed by atoms with Gasteiger partial charge in [0.25, 0.3) is 10.0 Å². The highest BCUT2D eigenvalue weighted by molar-refractivity contribution is 7.92. The fraction of sp³-hybridized carbons (Fsp3) is 0.381. The van der Waals surface area contributed by atoms with Gasteiger partial charge in [-0.05, 0) is 36.8 Å². The molecule has 0 aliphatic carbocycles. The zero-order valence-corrected chi connectivity index (χ0v) is 17.5. The average molecular weight is 449 g/mol. The first kappa shape index (κ1) is 21.4. The molecule has 1 fully saturated rings. The second kappa shape index (κ2) is 8.37. The molecule has 1 saturated heterocycles. The number of methoxy groups -OCH3 is 1. The monoisotopic (exact) mass is 449 g/mol. The molecule has 10 heteroatoms. The Balaban J connectivity index is 1.60. The van der Waals surface area contributed by atoms with Crippen LogP contribution in [0.25, 0.3) is 0 Å². The van der Waals surface area contributed by atoms with Crippen molar-refractivity contribution in [3.63, 3.8) is 0 Å². The van der Waals surface area contributed by atoms with Gasteiger partial charge in [-0.25, -0.2) is 8.42 Å². The molecule has 0 saturated carbocycles. The first-order valence-corrected chi connectivity index (χ1v) is 11.2. The molecule has 3 N–H and O–H groups in total. The summed E-state index contributed by atoms with van der Waals surface area (Å²) in [7, 11) is -2.39. The number of aliphatic carboxylic acids is 1. The van der Waals surface area contributed by atoms with Crippen molar-refractivity contribution in [2.45, 2.75) is 42.0 Å². The van der Waals surface area contributed by atoms with E-state index >= 15 is 0 Å². The number of aliphatic hydroxyl groups is 1. The van der Waals surface area contributed by atoms with E-state index in [2.05, 4.69) is 4.72 Å². The van der Waals surface area contributed by atoms with Crippen LogP contribution < -0.4 is 14.2 Å². The lowest BCUT2D eigenvalue weighted by molar-refractivity contribution is -0.153. The Morgan fingerprint density at radius 1 is 1.26 bits per heavy atom. The second-order valence-electron chi connectivity index (χ2n) is 7.54. The van der Waals surface area contributed by atoms with Gasteiger partial charge in [0.1, 0.15) is 23.7 Å². The molecule has 0 spiro atoms. The molecular weight excluding hydrogens is 426 g/mol. The zero-order chi connectivity index (χ0) is 22.2. The zero-order valence-electron chi connectivity index (χ0n) is 16.7. The highest BCUT2D eigenvalue weighted by Gasteiger charge is 2.46. The molecule has 0 radical (unpaired) electrons. The van der Waals surface area contributed by atoms with Crippen LogP contribution in [-0.2, 0) is 19.6 Å². The van der Waals surface area contributed by atoms with Crippen molar-refractivity contribution < 1.29 is 37.6 Å². The van der Waals surface area contributed by atoms with E-state index in [4.69, 9.17) is 19.3 Å². The van der Waals surface area contributed by atoms with Gasteiger partial charge in [-0.2, -0.15) is 0 Å². The predicted octanol–water partition coefficient (Wildman–Crippen LogP) is 1.97. The summed E-state index contributed by atoms with van der Waals surface area (Å²) in [6.07, 6.45) is -1.48. The summed E-state index contributed by atoms with van der Waals surface area (Å²) in [6.45, 7) is -0.305. The molecule has 2 aromatic carbocycles. The summed E-state index contributed by atoms with van der Waals surface area (Å²) in [5.74, 6) is -0.210. The minimum Gasteiger partial charge on any atom is -0.497 e. The Morgan fingerprint density at radius 3 is 2.77 bits per heavy atom. The molecule has 4 rings (SSSR count). The Morgan fingerprint density at radius 2 is 2.06 bits per heavy atom. The maximum atomic E-state index is 12.8. The predicted molar refractivity (Wildman–Crippen MR) is 110 cm³/mol. The van der Waals surface area contributed by atoms with Crippen molar-refractivity contribution in [3.8, 4) is 11.5 Å². The Kier molecular flexibility index (Phi) is 5.78. The third kappa shape index (κ3) is 4.32. The van der Waals surface area contributed by atoms with Gasteiger partial charge in [-0.3, -0.25) is 9.52 Å². The number of rotatable bonds is 7. The largest absolute Gasteiger partial charge is 0.497 e. The maximum Gasteiger partial charge on any atom is 0.305 e. The Labute approximate surface area is 179 Å². The van der Waals surface area contributed by atoms with Crippen molar-refractivity contribution in [1.82, 2.24) is 0 Å². The van der Waals surface area contributed by atoms with Crippen LogP contribution in [0.3, 0.4) is 0 Å². The van der Waals surface area contributed by atoms with Crippen LogP contribution in [0.4, 0.5) is 5.69 Å². The van der Waals surface area contributed by atoms with Gasteiger partial charge in [0, 0.05) is 23.2 Å². The standard InChI is InChI=1S/C21H23NO8S/c1-28-13-3-2-4-15(8-13)31(26,27)22-12-5-6-18-16(7-12)17-9-14(10-20(24)25)29-19(11-23)21(17)30-18/h2-8,14,17,19,21-23H,9-11H2,1H3,(H,24,25)/t14-,17-,19-,21+/m0/s1.